The Kier molecular flexibility index (Phi) is 5.30. The van der Waals surface area contributed by atoms with Crippen LogP contribution in [-0.4, -0.2) is 35.5 Å². The highest BCUT2D eigenvalue weighted by Crippen LogP contribution is 2.41. The zero-order valence-electron chi connectivity index (χ0n) is 15.0. The summed E-state index contributed by atoms with van der Waals surface area (Å²) in [5.41, 5.74) is -0.246. The Labute approximate surface area is 146 Å². The first kappa shape index (κ1) is 17.5. The van der Waals surface area contributed by atoms with Crippen molar-refractivity contribution in [3.05, 3.63) is 12.2 Å². The number of amides is 1. The van der Waals surface area contributed by atoms with Crippen LogP contribution in [0.4, 0.5) is 0 Å². The van der Waals surface area contributed by atoms with Gasteiger partial charge in [0.15, 0.2) is 0 Å². The van der Waals surface area contributed by atoms with Crippen molar-refractivity contribution in [2.24, 2.45) is 5.41 Å². The second-order valence-electron chi connectivity index (χ2n) is 8.21. The van der Waals surface area contributed by atoms with E-state index in [2.05, 4.69) is 28.4 Å². The highest BCUT2D eigenvalue weighted by molar-refractivity contribution is 5.82. The molecule has 1 spiro atoms. The fourth-order valence-corrected chi connectivity index (χ4v) is 4.82. The lowest BCUT2D eigenvalue weighted by Gasteiger charge is -2.46. The minimum Gasteiger partial charge on any atom is -0.336 e. The summed E-state index contributed by atoms with van der Waals surface area (Å²) in [6.45, 7) is 4.03. The van der Waals surface area contributed by atoms with Crippen LogP contribution < -0.4 is 5.32 Å². The van der Waals surface area contributed by atoms with E-state index in [1.54, 1.807) is 0 Å². The highest BCUT2D eigenvalue weighted by atomic mass is 16.2. The van der Waals surface area contributed by atoms with Crippen LogP contribution in [0.15, 0.2) is 12.2 Å². The number of carbonyl (C=O) groups excluding carboxylic acids is 1. The minimum absolute atomic E-state index is 0.0434. The Morgan fingerprint density at radius 2 is 1.96 bits per heavy atom. The van der Waals surface area contributed by atoms with Crippen LogP contribution in [0.2, 0.25) is 0 Å². The molecule has 1 N–H and O–H groups in total. The lowest BCUT2D eigenvalue weighted by molar-refractivity contribution is -0.129. The maximum atomic E-state index is 12.8. The zero-order valence-corrected chi connectivity index (χ0v) is 15.0. The normalized spacial score (nSPS) is 31.3. The van der Waals surface area contributed by atoms with E-state index in [9.17, 15) is 10.1 Å². The van der Waals surface area contributed by atoms with E-state index in [4.69, 9.17) is 0 Å². The molecule has 0 bridgehead atoms. The molecule has 1 heterocycles. The Hall–Kier alpha value is -1.34. The van der Waals surface area contributed by atoms with E-state index in [0.717, 1.165) is 45.2 Å². The lowest BCUT2D eigenvalue weighted by atomic mass is 9.71. The van der Waals surface area contributed by atoms with Crippen molar-refractivity contribution in [3.63, 3.8) is 0 Å². The Bertz CT molecular complexity index is 529. The van der Waals surface area contributed by atoms with E-state index in [1.165, 1.54) is 32.1 Å². The molecule has 2 atom stereocenters. The van der Waals surface area contributed by atoms with E-state index in [0.29, 0.717) is 5.41 Å². The summed E-state index contributed by atoms with van der Waals surface area (Å²) in [4.78, 5) is 15.2. The number of hydrogen-bond acceptors (Lipinski definition) is 3. The number of allylic oxidation sites excluding steroid dienone is 2. The van der Waals surface area contributed by atoms with Crippen molar-refractivity contribution in [1.82, 2.24) is 10.2 Å². The molecule has 132 valence electrons. The van der Waals surface area contributed by atoms with Gasteiger partial charge in [-0.15, -0.1) is 0 Å². The van der Waals surface area contributed by atoms with Crippen molar-refractivity contribution in [2.75, 3.05) is 13.1 Å². The smallest absolute Gasteiger partial charge is 0.238 e. The minimum atomic E-state index is -0.620. The molecule has 4 nitrogen and oxygen atoms in total. The molecule has 0 aromatic rings. The third-order valence-electron chi connectivity index (χ3n) is 6.46. The number of likely N-dealkylation sites (tertiary alicyclic amines) is 1. The van der Waals surface area contributed by atoms with Crippen LogP contribution in [0, 0.1) is 16.7 Å². The lowest BCUT2D eigenvalue weighted by Crippen LogP contribution is -2.57. The van der Waals surface area contributed by atoms with Gasteiger partial charge in [0.1, 0.15) is 5.54 Å². The van der Waals surface area contributed by atoms with Crippen molar-refractivity contribution >= 4 is 5.91 Å². The van der Waals surface area contributed by atoms with Crippen LogP contribution in [0.1, 0.15) is 71.1 Å². The first-order valence-corrected chi connectivity index (χ1v) is 9.71. The molecule has 0 aromatic carbocycles. The van der Waals surface area contributed by atoms with Crippen molar-refractivity contribution in [2.45, 2.75) is 82.7 Å². The van der Waals surface area contributed by atoms with Crippen molar-refractivity contribution in [1.29, 1.82) is 5.26 Å². The number of rotatable bonds is 3. The second kappa shape index (κ2) is 7.27. The third kappa shape index (κ3) is 3.67. The molecule has 1 amide bonds. The number of piperidine rings is 1. The second-order valence-corrected chi connectivity index (χ2v) is 8.21. The van der Waals surface area contributed by atoms with Crippen molar-refractivity contribution in [3.8, 4) is 6.07 Å². The molecule has 24 heavy (non-hydrogen) atoms. The van der Waals surface area contributed by atoms with Crippen LogP contribution in [0.25, 0.3) is 0 Å². The molecule has 2 aliphatic carbocycles. The standard InChI is InChI=1S/C20H31N3O/c1-17(18(24)22-20(15-21)12-6-3-7-13-20)23-14-8-11-19(16-23)9-4-2-5-10-19/h2,4,17H,3,5-14,16H2,1H3,(H,22,24)/t17-,19-/m1/s1. The molecule has 2 fully saturated rings. The third-order valence-corrected chi connectivity index (χ3v) is 6.46. The molecule has 0 unspecified atom stereocenters. The van der Waals surface area contributed by atoms with Gasteiger partial charge < -0.3 is 5.32 Å². The number of hydrogen-bond donors (Lipinski definition) is 1. The summed E-state index contributed by atoms with van der Waals surface area (Å²) in [6.07, 6.45) is 15.5. The summed E-state index contributed by atoms with van der Waals surface area (Å²) in [5, 5.41) is 12.7. The molecule has 1 saturated carbocycles. The quantitative estimate of drug-likeness (QED) is 0.806. The number of carbonyl (C=O) groups is 1. The number of nitriles is 1. The Morgan fingerprint density at radius 1 is 1.17 bits per heavy atom. The first-order valence-electron chi connectivity index (χ1n) is 9.71. The topological polar surface area (TPSA) is 56.1 Å². The molecule has 0 aromatic heterocycles. The summed E-state index contributed by atoms with van der Waals surface area (Å²) in [7, 11) is 0. The Balaban J connectivity index is 1.62. The van der Waals surface area contributed by atoms with Gasteiger partial charge in [0.05, 0.1) is 12.1 Å². The van der Waals surface area contributed by atoms with Crippen LogP contribution in [0.5, 0.6) is 0 Å². The average Bonchev–Trinajstić information content (AvgIpc) is 2.62. The van der Waals surface area contributed by atoms with Gasteiger partial charge in [-0.2, -0.15) is 5.26 Å². The highest BCUT2D eigenvalue weighted by Gasteiger charge is 2.40. The van der Waals surface area contributed by atoms with Gasteiger partial charge in [-0.1, -0.05) is 31.4 Å². The SMILES string of the molecule is C[C@H](C(=O)NC1(C#N)CCCCC1)N1CCC[C@]2(CC=CCC2)C1. The van der Waals surface area contributed by atoms with Gasteiger partial charge in [-0.05, 0) is 63.8 Å². The predicted octanol–water partition coefficient (Wildman–Crippen LogP) is 3.54. The largest absolute Gasteiger partial charge is 0.336 e. The molecule has 3 rings (SSSR count). The molecule has 0 radical (unpaired) electrons. The maximum Gasteiger partial charge on any atom is 0.238 e. The van der Waals surface area contributed by atoms with Crippen LogP contribution in [0.3, 0.4) is 0 Å². The fraction of sp³-hybridized carbons (Fsp3) is 0.800. The van der Waals surface area contributed by atoms with Crippen LogP contribution in [-0.2, 0) is 4.79 Å². The van der Waals surface area contributed by atoms with Gasteiger partial charge in [-0.3, -0.25) is 9.69 Å². The summed E-state index contributed by atoms with van der Waals surface area (Å²) >= 11 is 0. The fourth-order valence-electron chi connectivity index (χ4n) is 4.82. The molecular weight excluding hydrogens is 298 g/mol. The molecule has 4 heteroatoms. The molecular formula is C20H31N3O. The van der Waals surface area contributed by atoms with E-state index >= 15 is 0 Å². The molecule has 1 aliphatic heterocycles. The van der Waals surface area contributed by atoms with E-state index in [1.807, 2.05) is 6.92 Å². The predicted molar refractivity (Wildman–Crippen MR) is 95.3 cm³/mol. The van der Waals surface area contributed by atoms with Gasteiger partial charge in [-0.25, -0.2) is 0 Å². The molecule has 3 aliphatic rings. The summed E-state index contributed by atoms with van der Waals surface area (Å²) in [5.74, 6) is 0.0434. The van der Waals surface area contributed by atoms with Gasteiger partial charge in [0, 0.05) is 6.54 Å². The number of nitrogens with zero attached hydrogens (tertiary/aromatic N) is 2. The average molecular weight is 329 g/mol. The van der Waals surface area contributed by atoms with Gasteiger partial charge >= 0.3 is 0 Å². The number of nitrogens with one attached hydrogen (secondary N) is 1. The van der Waals surface area contributed by atoms with E-state index in [-0.39, 0.29) is 11.9 Å². The van der Waals surface area contributed by atoms with Crippen molar-refractivity contribution < 1.29 is 4.79 Å². The van der Waals surface area contributed by atoms with Crippen LogP contribution >= 0.6 is 0 Å². The summed E-state index contributed by atoms with van der Waals surface area (Å²) in [6, 6.07) is 2.26. The maximum absolute atomic E-state index is 12.8. The monoisotopic (exact) mass is 329 g/mol. The zero-order chi connectivity index (χ0) is 17.0. The van der Waals surface area contributed by atoms with E-state index < -0.39 is 5.54 Å². The first-order chi connectivity index (χ1) is 11.6. The Morgan fingerprint density at radius 3 is 2.62 bits per heavy atom. The van der Waals surface area contributed by atoms with Gasteiger partial charge in [0.25, 0.3) is 0 Å². The van der Waals surface area contributed by atoms with Gasteiger partial charge in [0.2, 0.25) is 5.91 Å². The molecule has 1 saturated heterocycles. The summed E-state index contributed by atoms with van der Waals surface area (Å²) < 4.78 is 0.